The van der Waals surface area contributed by atoms with Crippen molar-refractivity contribution >= 4 is 40.6 Å². The van der Waals surface area contributed by atoms with Crippen molar-refractivity contribution in [1.29, 1.82) is 0 Å². The van der Waals surface area contributed by atoms with Crippen molar-refractivity contribution in [2.75, 3.05) is 23.4 Å². The summed E-state index contributed by atoms with van der Waals surface area (Å²) in [6.07, 6.45) is 2.01. The lowest BCUT2D eigenvalue weighted by atomic mass is 10.2. The van der Waals surface area contributed by atoms with E-state index >= 15 is 0 Å². The molecule has 0 aromatic heterocycles. The van der Waals surface area contributed by atoms with Gasteiger partial charge in [-0.3, -0.25) is 4.79 Å². The van der Waals surface area contributed by atoms with Crippen LogP contribution in [0.25, 0.3) is 0 Å². The second-order valence-electron chi connectivity index (χ2n) is 4.59. The fourth-order valence-corrected chi connectivity index (χ4v) is 2.74. The van der Waals surface area contributed by atoms with E-state index in [9.17, 15) is 4.79 Å². The smallest absolute Gasteiger partial charge is 0.243 e. The molecular weight excluding hydrogens is 304 g/mol. The third kappa shape index (κ3) is 4.41. The highest BCUT2D eigenvalue weighted by Crippen LogP contribution is 2.25. The van der Waals surface area contributed by atoms with Gasteiger partial charge in [0.1, 0.15) is 0 Å². The number of aryl methyl sites for hydroxylation is 1. The lowest BCUT2D eigenvalue weighted by Crippen LogP contribution is -2.22. The van der Waals surface area contributed by atoms with Crippen LogP contribution in [-0.2, 0) is 4.79 Å². The second kappa shape index (κ2) is 7.38. The van der Waals surface area contributed by atoms with E-state index in [0.29, 0.717) is 10.7 Å². The maximum atomic E-state index is 12.0. The van der Waals surface area contributed by atoms with Gasteiger partial charge in [0.15, 0.2) is 0 Å². The van der Waals surface area contributed by atoms with Crippen molar-refractivity contribution in [2.45, 2.75) is 11.8 Å². The van der Waals surface area contributed by atoms with Crippen LogP contribution < -0.4 is 10.6 Å². The summed E-state index contributed by atoms with van der Waals surface area (Å²) >= 11 is 7.74. The molecule has 0 aliphatic heterocycles. The minimum Gasteiger partial charge on any atom is -0.375 e. The van der Waals surface area contributed by atoms with Crippen molar-refractivity contribution in [3.8, 4) is 0 Å². The van der Waals surface area contributed by atoms with Crippen LogP contribution in [0.3, 0.4) is 0 Å². The molecule has 21 heavy (non-hydrogen) atoms. The van der Waals surface area contributed by atoms with E-state index in [-0.39, 0.29) is 12.5 Å². The van der Waals surface area contributed by atoms with E-state index < -0.39 is 0 Å². The number of rotatable bonds is 5. The molecule has 0 atom stereocenters. The molecule has 2 aromatic carbocycles. The molecule has 0 aliphatic carbocycles. The van der Waals surface area contributed by atoms with Crippen molar-refractivity contribution in [1.82, 2.24) is 0 Å². The van der Waals surface area contributed by atoms with Crippen LogP contribution in [0.15, 0.2) is 47.4 Å². The van der Waals surface area contributed by atoms with Gasteiger partial charge >= 0.3 is 0 Å². The molecule has 0 heterocycles. The van der Waals surface area contributed by atoms with Crippen LogP contribution in [0.1, 0.15) is 5.56 Å². The average molecular weight is 321 g/mol. The lowest BCUT2D eigenvalue weighted by Gasteiger charge is -2.11. The van der Waals surface area contributed by atoms with Crippen LogP contribution in [-0.4, -0.2) is 18.7 Å². The molecule has 0 saturated carbocycles. The summed E-state index contributed by atoms with van der Waals surface area (Å²) in [7, 11) is 0. The first-order chi connectivity index (χ1) is 10.1. The highest BCUT2D eigenvalue weighted by atomic mass is 35.5. The number of carbonyl (C=O) groups excluding carboxylic acids is 1. The van der Waals surface area contributed by atoms with Crippen LogP contribution in [0.5, 0.6) is 0 Å². The number of para-hydroxylation sites is 1. The molecule has 2 rings (SSSR count). The van der Waals surface area contributed by atoms with Crippen molar-refractivity contribution in [3.63, 3.8) is 0 Å². The SMILES string of the molecule is CSc1ccccc1NCC(=O)Nc1ccc(C)cc1Cl. The fraction of sp³-hybridized carbons (Fsp3) is 0.188. The van der Waals surface area contributed by atoms with Crippen LogP contribution in [0.4, 0.5) is 11.4 Å². The van der Waals surface area contributed by atoms with Crippen molar-refractivity contribution < 1.29 is 4.79 Å². The molecule has 0 bridgehead atoms. The van der Waals surface area contributed by atoms with Crippen molar-refractivity contribution in [2.24, 2.45) is 0 Å². The van der Waals surface area contributed by atoms with Gasteiger partial charge in [-0.25, -0.2) is 0 Å². The minimum atomic E-state index is -0.128. The van der Waals surface area contributed by atoms with Gasteiger partial charge in [0.05, 0.1) is 17.3 Å². The summed E-state index contributed by atoms with van der Waals surface area (Å²) in [5, 5.41) is 6.49. The maximum absolute atomic E-state index is 12.0. The zero-order chi connectivity index (χ0) is 15.2. The standard InChI is InChI=1S/C16H17ClN2OS/c1-11-7-8-13(12(17)9-11)19-16(20)10-18-14-5-3-4-6-15(14)21-2/h3-9,18H,10H2,1-2H3,(H,19,20). The zero-order valence-electron chi connectivity index (χ0n) is 11.9. The monoisotopic (exact) mass is 320 g/mol. The molecule has 0 saturated heterocycles. The molecule has 5 heteroatoms. The molecule has 2 aromatic rings. The predicted octanol–water partition coefficient (Wildman–Crippen LogP) is 4.42. The van der Waals surface area contributed by atoms with E-state index in [1.807, 2.05) is 55.6 Å². The third-order valence-electron chi connectivity index (χ3n) is 2.95. The van der Waals surface area contributed by atoms with E-state index in [2.05, 4.69) is 10.6 Å². The number of anilines is 2. The highest BCUT2D eigenvalue weighted by molar-refractivity contribution is 7.98. The minimum absolute atomic E-state index is 0.128. The van der Waals surface area contributed by atoms with Crippen LogP contribution >= 0.6 is 23.4 Å². The molecular formula is C16H17ClN2OS. The first-order valence-corrected chi connectivity index (χ1v) is 8.13. The van der Waals surface area contributed by atoms with Gasteiger partial charge in [-0.2, -0.15) is 0 Å². The summed E-state index contributed by atoms with van der Waals surface area (Å²) < 4.78 is 0. The largest absolute Gasteiger partial charge is 0.375 e. The Morgan fingerprint density at radius 2 is 1.95 bits per heavy atom. The summed E-state index contributed by atoms with van der Waals surface area (Å²) in [6, 6.07) is 13.4. The number of nitrogens with one attached hydrogen (secondary N) is 2. The number of hydrogen-bond donors (Lipinski definition) is 2. The molecule has 0 radical (unpaired) electrons. The number of thioether (sulfide) groups is 1. The molecule has 0 spiro atoms. The Kier molecular flexibility index (Phi) is 5.53. The fourth-order valence-electron chi connectivity index (χ4n) is 1.88. The lowest BCUT2D eigenvalue weighted by molar-refractivity contribution is -0.114. The summed E-state index contributed by atoms with van der Waals surface area (Å²) in [5.41, 5.74) is 2.65. The Morgan fingerprint density at radius 3 is 2.67 bits per heavy atom. The molecule has 0 aliphatic rings. The van der Waals surface area contributed by atoms with Gasteiger partial charge in [-0.15, -0.1) is 11.8 Å². The van der Waals surface area contributed by atoms with E-state index in [1.54, 1.807) is 11.8 Å². The van der Waals surface area contributed by atoms with Gasteiger partial charge in [0, 0.05) is 10.6 Å². The number of carbonyl (C=O) groups is 1. The van der Waals surface area contributed by atoms with Gasteiger partial charge in [0.25, 0.3) is 0 Å². The highest BCUT2D eigenvalue weighted by Gasteiger charge is 2.07. The number of benzene rings is 2. The number of halogens is 1. The second-order valence-corrected chi connectivity index (χ2v) is 5.84. The van der Waals surface area contributed by atoms with E-state index in [0.717, 1.165) is 16.1 Å². The quantitative estimate of drug-likeness (QED) is 0.801. The summed E-state index contributed by atoms with van der Waals surface area (Å²) in [6.45, 7) is 2.15. The van der Waals surface area contributed by atoms with Gasteiger partial charge in [-0.05, 0) is 43.0 Å². The average Bonchev–Trinajstić information content (AvgIpc) is 2.48. The Labute approximate surface area is 134 Å². The predicted molar refractivity (Wildman–Crippen MR) is 91.5 cm³/mol. The number of amides is 1. The van der Waals surface area contributed by atoms with Gasteiger partial charge in [-0.1, -0.05) is 29.8 Å². The van der Waals surface area contributed by atoms with E-state index in [1.165, 1.54) is 0 Å². The summed E-state index contributed by atoms with van der Waals surface area (Å²) in [5.74, 6) is -0.128. The Bertz CT molecular complexity index is 646. The van der Waals surface area contributed by atoms with Crippen LogP contribution in [0.2, 0.25) is 5.02 Å². The van der Waals surface area contributed by atoms with Crippen LogP contribution in [0, 0.1) is 6.92 Å². The Morgan fingerprint density at radius 1 is 1.19 bits per heavy atom. The molecule has 1 amide bonds. The first-order valence-electron chi connectivity index (χ1n) is 6.53. The summed E-state index contributed by atoms with van der Waals surface area (Å²) in [4.78, 5) is 13.1. The zero-order valence-corrected chi connectivity index (χ0v) is 13.5. The molecule has 0 fully saturated rings. The molecule has 0 unspecified atom stereocenters. The third-order valence-corrected chi connectivity index (χ3v) is 4.05. The van der Waals surface area contributed by atoms with Crippen molar-refractivity contribution in [3.05, 3.63) is 53.1 Å². The molecule has 3 nitrogen and oxygen atoms in total. The topological polar surface area (TPSA) is 41.1 Å². The number of hydrogen-bond acceptors (Lipinski definition) is 3. The normalized spacial score (nSPS) is 10.2. The van der Waals surface area contributed by atoms with Gasteiger partial charge in [0.2, 0.25) is 5.91 Å². The maximum Gasteiger partial charge on any atom is 0.243 e. The van der Waals surface area contributed by atoms with E-state index in [4.69, 9.17) is 11.6 Å². The Hall–Kier alpha value is -1.65. The van der Waals surface area contributed by atoms with Gasteiger partial charge < -0.3 is 10.6 Å². The molecule has 2 N–H and O–H groups in total. The Balaban J connectivity index is 1.96. The molecule has 110 valence electrons. The first kappa shape index (κ1) is 15.7.